The molecule has 0 spiro atoms. The van der Waals surface area contributed by atoms with Crippen LogP contribution in [-0.4, -0.2) is 55.3 Å². The molecular weight excluding hydrogens is 472 g/mol. The highest BCUT2D eigenvalue weighted by molar-refractivity contribution is 5.69. The van der Waals surface area contributed by atoms with Gasteiger partial charge < -0.3 is 28.8 Å². The van der Waals surface area contributed by atoms with Crippen LogP contribution < -0.4 is 0 Å². The van der Waals surface area contributed by atoms with E-state index in [9.17, 15) is 9.90 Å². The summed E-state index contributed by atoms with van der Waals surface area (Å²) in [4.78, 5) is 12.3. The Labute approximate surface area is 217 Å². The minimum absolute atomic E-state index is 0.0386. The molecule has 4 rings (SSSR count). The third-order valence-electron chi connectivity index (χ3n) is 6.32. The molecule has 3 aromatic rings. The van der Waals surface area contributed by atoms with Crippen molar-refractivity contribution in [1.82, 2.24) is 0 Å². The molecule has 0 saturated carbocycles. The lowest BCUT2D eigenvalue weighted by Gasteiger charge is -2.44. The van der Waals surface area contributed by atoms with Gasteiger partial charge in [-0.05, 0) is 16.7 Å². The normalized spacial score (nSPS) is 23.5. The number of rotatable bonds is 12. The van der Waals surface area contributed by atoms with Gasteiger partial charge in [0.2, 0.25) is 0 Å². The van der Waals surface area contributed by atoms with Gasteiger partial charge in [0.05, 0.1) is 46.1 Å². The van der Waals surface area contributed by atoms with Crippen LogP contribution >= 0.6 is 0 Å². The van der Waals surface area contributed by atoms with Gasteiger partial charge in [-0.15, -0.1) is 0 Å². The number of carbonyl (C=O) groups excluding carboxylic acids is 1. The fourth-order valence-electron chi connectivity index (χ4n) is 4.35. The summed E-state index contributed by atoms with van der Waals surface area (Å²) in [5.41, 5.74) is 2.94. The van der Waals surface area contributed by atoms with Crippen LogP contribution in [0.2, 0.25) is 0 Å². The number of ether oxygens (including phenoxy) is 5. The predicted molar refractivity (Wildman–Crippen MR) is 137 cm³/mol. The second kappa shape index (κ2) is 14.0. The van der Waals surface area contributed by atoms with Gasteiger partial charge in [0.25, 0.3) is 0 Å². The zero-order valence-corrected chi connectivity index (χ0v) is 21.0. The highest BCUT2D eigenvalue weighted by atomic mass is 16.6. The Morgan fingerprint density at radius 3 is 1.73 bits per heavy atom. The summed E-state index contributed by atoms with van der Waals surface area (Å²) in [6, 6.07) is 29.2. The smallest absolute Gasteiger partial charge is 0.308 e. The molecule has 0 aromatic heterocycles. The minimum atomic E-state index is -1.03. The molecule has 0 radical (unpaired) electrons. The van der Waals surface area contributed by atoms with Crippen LogP contribution in [0.4, 0.5) is 0 Å². The van der Waals surface area contributed by atoms with E-state index in [0.717, 1.165) is 16.7 Å². The van der Waals surface area contributed by atoms with Crippen LogP contribution in [0.5, 0.6) is 0 Å². The summed E-state index contributed by atoms with van der Waals surface area (Å²) in [6.45, 7) is 1.05. The average Bonchev–Trinajstić information content (AvgIpc) is 2.94. The molecule has 0 unspecified atom stereocenters. The standard InChI is InChI=1S/C30H34O7/c1-33-27(31)17-25-29(35-19-23-13-7-3-8-14-23)30(36-20-24-15-9-4-10-16-24)28(32)26(37-25)21-34-18-22-11-5-2-6-12-22/h2-16,25-26,28-30,32H,17-21H2,1H3/t25-,26-,28-,29-,30+/m1/s1. The Hall–Kier alpha value is -3.07. The minimum Gasteiger partial charge on any atom is -0.469 e. The molecule has 0 aliphatic carbocycles. The summed E-state index contributed by atoms with van der Waals surface area (Å²) in [5, 5.41) is 11.4. The third-order valence-corrected chi connectivity index (χ3v) is 6.32. The molecule has 1 aliphatic rings. The molecule has 1 N–H and O–H groups in total. The molecule has 196 valence electrons. The molecule has 0 amide bonds. The van der Waals surface area contributed by atoms with Gasteiger partial charge >= 0.3 is 5.97 Å². The highest BCUT2D eigenvalue weighted by Crippen LogP contribution is 2.30. The molecule has 1 saturated heterocycles. The Morgan fingerprint density at radius 1 is 0.730 bits per heavy atom. The second-order valence-corrected chi connectivity index (χ2v) is 9.01. The molecule has 0 bridgehead atoms. The number of hydrogen-bond donors (Lipinski definition) is 1. The summed E-state index contributed by atoms with van der Waals surface area (Å²) in [5.74, 6) is -0.430. The monoisotopic (exact) mass is 506 g/mol. The van der Waals surface area contributed by atoms with Gasteiger partial charge in [-0.2, -0.15) is 0 Å². The van der Waals surface area contributed by atoms with Crippen LogP contribution in [-0.2, 0) is 48.3 Å². The van der Waals surface area contributed by atoms with E-state index in [0.29, 0.717) is 6.61 Å². The number of esters is 1. The number of methoxy groups -OCH3 is 1. The van der Waals surface area contributed by atoms with Gasteiger partial charge in [-0.1, -0.05) is 91.0 Å². The largest absolute Gasteiger partial charge is 0.469 e. The van der Waals surface area contributed by atoms with Crippen molar-refractivity contribution in [3.8, 4) is 0 Å². The van der Waals surface area contributed by atoms with E-state index in [2.05, 4.69) is 0 Å². The lowest BCUT2D eigenvalue weighted by atomic mass is 9.92. The zero-order chi connectivity index (χ0) is 25.9. The molecule has 5 atom stereocenters. The average molecular weight is 507 g/mol. The Balaban J connectivity index is 1.51. The van der Waals surface area contributed by atoms with Crippen molar-refractivity contribution < 1.29 is 33.6 Å². The van der Waals surface area contributed by atoms with Gasteiger partial charge in [0.15, 0.2) is 0 Å². The van der Waals surface area contributed by atoms with Crippen molar-refractivity contribution in [2.24, 2.45) is 0 Å². The maximum atomic E-state index is 12.3. The fourth-order valence-corrected chi connectivity index (χ4v) is 4.35. The van der Waals surface area contributed by atoms with Crippen LogP contribution in [0.1, 0.15) is 23.1 Å². The number of aliphatic hydroxyl groups excluding tert-OH is 1. The van der Waals surface area contributed by atoms with Gasteiger partial charge in [-0.25, -0.2) is 0 Å². The lowest BCUT2D eigenvalue weighted by Crippen LogP contribution is -2.60. The summed E-state index contributed by atoms with van der Waals surface area (Å²) >= 11 is 0. The Morgan fingerprint density at radius 2 is 1.22 bits per heavy atom. The molecule has 7 nitrogen and oxygen atoms in total. The van der Waals surface area contributed by atoms with E-state index in [1.807, 2.05) is 91.0 Å². The first-order chi connectivity index (χ1) is 18.1. The van der Waals surface area contributed by atoms with E-state index in [1.54, 1.807) is 0 Å². The maximum absolute atomic E-state index is 12.3. The quantitative estimate of drug-likeness (QED) is 0.371. The Kier molecular flexibility index (Phi) is 10.2. The van der Waals surface area contributed by atoms with Crippen molar-refractivity contribution in [2.75, 3.05) is 13.7 Å². The fraction of sp³-hybridized carbons (Fsp3) is 0.367. The number of carbonyl (C=O) groups is 1. The first kappa shape index (κ1) is 27.0. The SMILES string of the molecule is COC(=O)C[C@H]1O[C@H](COCc2ccccc2)[C@@H](O)[C@H](OCc2ccccc2)[C@@H]1OCc1ccccc1. The summed E-state index contributed by atoms with van der Waals surface area (Å²) in [7, 11) is 1.34. The van der Waals surface area contributed by atoms with Crippen LogP contribution in [0, 0.1) is 0 Å². The predicted octanol–water partition coefficient (Wildman–Crippen LogP) is 4.07. The van der Waals surface area contributed by atoms with Crippen molar-refractivity contribution in [3.63, 3.8) is 0 Å². The third kappa shape index (κ3) is 7.95. The van der Waals surface area contributed by atoms with Crippen molar-refractivity contribution in [1.29, 1.82) is 0 Å². The molecular formula is C30H34O7. The molecule has 7 heteroatoms. The first-order valence-corrected chi connectivity index (χ1v) is 12.5. The van der Waals surface area contributed by atoms with Crippen LogP contribution in [0.3, 0.4) is 0 Å². The van der Waals surface area contributed by atoms with Gasteiger partial charge in [0, 0.05) is 0 Å². The summed E-state index contributed by atoms with van der Waals surface area (Å²) < 4.78 is 29.5. The summed E-state index contributed by atoms with van der Waals surface area (Å²) in [6.07, 6.45) is -3.93. The molecule has 1 fully saturated rings. The number of aliphatic hydroxyl groups is 1. The zero-order valence-electron chi connectivity index (χ0n) is 21.0. The van der Waals surface area contributed by atoms with E-state index >= 15 is 0 Å². The topological polar surface area (TPSA) is 83.5 Å². The second-order valence-electron chi connectivity index (χ2n) is 9.01. The molecule has 3 aromatic carbocycles. The van der Waals surface area contributed by atoms with Crippen molar-refractivity contribution in [3.05, 3.63) is 108 Å². The van der Waals surface area contributed by atoms with Crippen LogP contribution in [0.15, 0.2) is 91.0 Å². The van der Waals surface area contributed by atoms with E-state index in [4.69, 9.17) is 23.7 Å². The molecule has 1 aliphatic heterocycles. The number of benzene rings is 3. The molecule has 37 heavy (non-hydrogen) atoms. The van der Waals surface area contributed by atoms with E-state index < -0.39 is 36.5 Å². The number of hydrogen-bond acceptors (Lipinski definition) is 7. The first-order valence-electron chi connectivity index (χ1n) is 12.5. The highest BCUT2D eigenvalue weighted by Gasteiger charge is 2.47. The van der Waals surface area contributed by atoms with Gasteiger partial charge in [-0.3, -0.25) is 4.79 Å². The van der Waals surface area contributed by atoms with Crippen molar-refractivity contribution >= 4 is 5.97 Å². The van der Waals surface area contributed by atoms with E-state index in [-0.39, 0.29) is 26.2 Å². The van der Waals surface area contributed by atoms with Crippen LogP contribution in [0.25, 0.3) is 0 Å². The lowest BCUT2D eigenvalue weighted by molar-refractivity contribution is -0.261. The van der Waals surface area contributed by atoms with Gasteiger partial charge in [0.1, 0.15) is 24.4 Å². The van der Waals surface area contributed by atoms with E-state index in [1.165, 1.54) is 7.11 Å². The van der Waals surface area contributed by atoms with Crippen molar-refractivity contribution in [2.45, 2.75) is 56.8 Å². The maximum Gasteiger partial charge on any atom is 0.308 e. The Bertz CT molecular complexity index is 1060. The molecule has 1 heterocycles.